The fourth-order valence-electron chi connectivity index (χ4n) is 3.04. The highest BCUT2D eigenvalue weighted by Gasteiger charge is 2.19. The van der Waals surface area contributed by atoms with Crippen molar-refractivity contribution in [2.24, 2.45) is 0 Å². The fraction of sp³-hybridized carbons (Fsp3) is 0.300. The van der Waals surface area contributed by atoms with E-state index in [0.29, 0.717) is 22.6 Å². The van der Waals surface area contributed by atoms with Crippen molar-refractivity contribution in [2.45, 2.75) is 19.3 Å². The minimum absolute atomic E-state index is 0.0214. The third-order valence-electron chi connectivity index (χ3n) is 4.36. The van der Waals surface area contributed by atoms with E-state index in [2.05, 4.69) is 5.32 Å². The van der Waals surface area contributed by atoms with Gasteiger partial charge in [-0.25, -0.2) is 0 Å². The number of ether oxygens (including phenoxy) is 1. The van der Waals surface area contributed by atoms with Gasteiger partial charge >= 0.3 is 0 Å². The molecule has 1 N–H and O–H groups in total. The van der Waals surface area contributed by atoms with Crippen LogP contribution in [0.1, 0.15) is 40.0 Å². The lowest BCUT2D eigenvalue weighted by molar-refractivity contribution is 0.0724. The quantitative estimate of drug-likeness (QED) is 0.927. The van der Waals surface area contributed by atoms with Gasteiger partial charge in [0.2, 0.25) is 0 Å². The maximum absolute atomic E-state index is 12.6. The van der Waals surface area contributed by atoms with Crippen molar-refractivity contribution >= 4 is 17.5 Å². The Bertz CT molecular complexity index is 767. The lowest BCUT2D eigenvalue weighted by atomic mass is 10.1. The summed E-state index contributed by atoms with van der Waals surface area (Å²) in [7, 11) is 1.53. The normalized spacial score (nSPS) is 14.0. The van der Waals surface area contributed by atoms with Crippen LogP contribution in [-0.4, -0.2) is 36.9 Å². The molecule has 2 aromatic carbocycles. The number of anilines is 1. The molecule has 1 fully saturated rings. The monoisotopic (exact) mass is 338 g/mol. The van der Waals surface area contributed by atoms with Gasteiger partial charge < -0.3 is 15.0 Å². The van der Waals surface area contributed by atoms with Crippen LogP contribution in [0.25, 0.3) is 0 Å². The zero-order chi connectivity index (χ0) is 17.6. The molecular formula is C20H22N2O3. The number of hydrogen-bond acceptors (Lipinski definition) is 3. The van der Waals surface area contributed by atoms with Gasteiger partial charge in [0.1, 0.15) is 5.75 Å². The Hall–Kier alpha value is -2.82. The predicted octanol–water partition coefficient (Wildman–Crippen LogP) is 3.57. The van der Waals surface area contributed by atoms with Crippen molar-refractivity contribution in [1.82, 2.24) is 4.90 Å². The molecule has 25 heavy (non-hydrogen) atoms. The molecule has 0 radical (unpaired) electrons. The van der Waals surface area contributed by atoms with E-state index in [9.17, 15) is 9.59 Å². The largest absolute Gasteiger partial charge is 0.496 e. The molecule has 130 valence electrons. The molecule has 0 aliphatic carbocycles. The number of piperidine rings is 1. The molecule has 1 saturated heterocycles. The third kappa shape index (κ3) is 3.99. The van der Waals surface area contributed by atoms with E-state index in [0.717, 1.165) is 25.9 Å². The topological polar surface area (TPSA) is 58.6 Å². The van der Waals surface area contributed by atoms with Crippen LogP contribution in [0, 0.1) is 0 Å². The summed E-state index contributed by atoms with van der Waals surface area (Å²) in [5.41, 5.74) is 1.65. The predicted molar refractivity (Wildman–Crippen MR) is 97.1 cm³/mol. The van der Waals surface area contributed by atoms with E-state index >= 15 is 0 Å². The van der Waals surface area contributed by atoms with E-state index in [1.54, 1.807) is 42.5 Å². The molecule has 0 unspecified atom stereocenters. The SMILES string of the molecule is COc1ccccc1C(=O)Nc1cccc(C(=O)N2CCCCC2)c1. The first kappa shape index (κ1) is 17.0. The average Bonchev–Trinajstić information content (AvgIpc) is 2.68. The Morgan fingerprint density at radius 2 is 1.76 bits per heavy atom. The van der Waals surface area contributed by atoms with Crippen LogP contribution in [0.3, 0.4) is 0 Å². The van der Waals surface area contributed by atoms with E-state index in [1.807, 2.05) is 11.0 Å². The Morgan fingerprint density at radius 3 is 2.52 bits per heavy atom. The van der Waals surface area contributed by atoms with E-state index in [4.69, 9.17) is 4.74 Å². The van der Waals surface area contributed by atoms with Crippen molar-refractivity contribution in [3.8, 4) is 5.75 Å². The molecule has 1 heterocycles. The first-order valence-electron chi connectivity index (χ1n) is 8.53. The Kier molecular flexibility index (Phi) is 5.33. The van der Waals surface area contributed by atoms with Crippen LogP contribution in [0.4, 0.5) is 5.69 Å². The Morgan fingerprint density at radius 1 is 1.00 bits per heavy atom. The second-order valence-electron chi connectivity index (χ2n) is 6.09. The summed E-state index contributed by atoms with van der Waals surface area (Å²) >= 11 is 0. The van der Waals surface area contributed by atoms with Crippen LogP contribution in [-0.2, 0) is 0 Å². The highest BCUT2D eigenvalue weighted by molar-refractivity contribution is 6.06. The van der Waals surface area contributed by atoms with Gasteiger partial charge in [-0.05, 0) is 49.6 Å². The molecule has 5 nitrogen and oxygen atoms in total. The number of carbonyl (C=O) groups excluding carboxylic acids is 2. The van der Waals surface area contributed by atoms with Crippen molar-refractivity contribution < 1.29 is 14.3 Å². The molecule has 2 aromatic rings. The number of likely N-dealkylation sites (tertiary alicyclic amines) is 1. The maximum Gasteiger partial charge on any atom is 0.259 e. The van der Waals surface area contributed by atoms with Crippen molar-refractivity contribution in [3.63, 3.8) is 0 Å². The van der Waals surface area contributed by atoms with Gasteiger partial charge in [0, 0.05) is 24.3 Å². The van der Waals surface area contributed by atoms with Crippen LogP contribution in [0.5, 0.6) is 5.75 Å². The summed E-state index contributed by atoms with van der Waals surface area (Å²) in [4.78, 5) is 27.0. The van der Waals surface area contributed by atoms with Crippen LogP contribution in [0.15, 0.2) is 48.5 Å². The van der Waals surface area contributed by atoms with Gasteiger partial charge in [-0.3, -0.25) is 9.59 Å². The van der Waals surface area contributed by atoms with Gasteiger partial charge in [0.15, 0.2) is 0 Å². The van der Waals surface area contributed by atoms with Crippen molar-refractivity contribution in [1.29, 1.82) is 0 Å². The second kappa shape index (κ2) is 7.83. The zero-order valence-corrected chi connectivity index (χ0v) is 14.3. The Balaban J connectivity index is 1.75. The molecule has 0 aromatic heterocycles. The number of carbonyl (C=O) groups is 2. The summed E-state index contributed by atoms with van der Waals surface area (Å²) in [6.07, 6.45) is 3.28. The summed E-state index contributed by atoms with van der Waals surface area (Å²) in [5, 5.41) is 2.84. The molecule has 5 heteroatoms. The molecule has 0 atom stereocenters. The highest BCUT2D eigenvalue weighted by atomic mass is 16.5. The fourth-order valence-corrected chi connectivity index (χ4v) is 3.04. The molecular weight excluding hydrogens is 316 g/mol. The molecule has 1 aliphatic rings. The second-order valence-corrected chi connectivity index (χ2v) is 6.09. The summed E-state index contributed by atoms with van der Waals surface area (Å²) in [6.45, 7) is 1.60. The van der Waals surface area contributed by atoms with Crippen molar-refractivity contribution in [3.05, 3.63) is 59.7 Å². The molecule has 0 spiro atoms. The smallest absolute Gasteiger partial charge is 0.259 e. The summed E-state index contributed by atoms with van der Waals surface area (Å²) < 4.78 is 5.22. The number of nitrogens with one attached hydrogen (secondary N) is 1. The van der Waals surface area contributed by atoms with Gasteiger partial charge in [-0.15, -0.1) is 0 Å². The van der Waals surface area contributed by atoms with Gasteiger partial charge in [0.25, 0.3) is 11.8 Å². The van der Waals surface area contributed by atoms with Gasteiger partial charge in [-0.1, -0.05) is 18.2 Å². The maximum atomic E-state index is 12.6. The van der Waals surface area contributed by atoms with E-state index < -0.39 is 0 Å². The Labute approximate surface area is 147 Å². The van der Waals surface area contributed by atoms with Gasteiger partial charge in [0.05, 0.1) is 12.7 Å². The van der Waals surface area contributed by atoms with Crippen LogP contribution >= 0.6 is 0 Å². The number of nitrogens with zero attached hydrogens (tertiary/aromatic N) is 1. The van der Waals surface area contributed by atoms with Gasteiger partial charge in [-0.2, -0.15) is 0 Å². The van der Waals surface area contributed by atoms with E-state index in [-0.39, 0.29) is 11.8 Å². The van der Waals surface area contributed by atoms with Crippen LogP contribution in [0.2, 0.25) is 0 Å². The number of hydrogen-bond donors (Lipinski definition) is 1. The minimum atomic E-state index is -0.264. The number of amides is 2. The lowest BCUT2D eigenvalue weighted by Crippen LogP contribution is -2.35. The highest BCUT2D eigenvalue weighted by Crippen LogP contribution is 2.20. The van der Waals surface area contributed by atoms with Crippen LogP contribution < -0.4 is 10.1 Å². The zero-order valence-electron chi connectivity index (χ0n) is 14.3. The molecule has 1 aliphatic heterocycles. The number of benzene rings is 2. The number of rotatable bonds is 4. The standard InChI is InChI=1S/C20H22N2O3/c1-25-18-11-4-3-10-17(18)19(23)21-16-9-7-8-15(14-16)20(24)22-12-5-2-6-13-22/h3-4,7-11,14H,2,5-6,12-13H2,1H3,(H,21,23). The number of para-hydroxylation sites is 1. The first-order valence-corrected chi connectivity index (χ1v) is 8.53. The molecule has 0 saturated carbocycles. The molecule has 3 rings (SSSR count). The summed E-state index contributed by atoms with van der Waals surface area (Å²) in [5.74, 6) is 0.272. The summed E-state index contributed by atoms with van der Waals surface area (Å²) in [6, 6.07) is 14.1. The van der Waals surface area contributed by atoms with E-state index in [1.165, 1.54) is 13.5 Å². The molecule has 0 bridgehead atoms. The average molecular weight is 338 g/mol. The first-order chi connectivity index (χ1) is 12.2. The molecule has 2 amide bonds. The lowest BCUT2D eigenvalue weighted by Gasteiger charge is -2.26. The third-order valence-corrected chi connectivity index (χ3v) is 4.36. The minimum Gasteiger partial charge on any atom is -0.496 e. The number of methoxy groups -OCH3 is 1. The van der Waals surface area contributed by atoms with Crippen molar-refractivity contribution in [2.75, 3.05) is 25.5 Å².